The van der Waals surface area contributed by atoms with Gasteiger partial charge in [0.25, 0.3) is 0 Å². The Labute approximate surface area is 138 Å². The van der Waals surface area contributed by atoms with Gasteiger partial charge in [0, 0.05) is 22.9 Å². The molecule has 2 saturated carbocycles. The standard InChI is InChI=1S/C17H20BrNO3/c18-13-5-2-1-4-12(13)17(8-9-17)11-19-14(20)10-16(15(21)22)6-3-7-16/h1-2,4-5H,3,6-11H2,(H,19,20)(H,21,22). The van der Waals surface area contributed by atoms with Gasteiger partial charge >= 0.3 is 5.97 Å². The molecule has 0 heterocycles. The molecule has 5 heteroatoms. The lowest BCUT2D eigenvalue weighted by atomic mass is 9.66. The van der Waals surface area contributed by atoms with Crippen molar-refractivity contribution < 1.29 is 14.7 Å². The number of hydrogen-bond donors (Lipinski definition) is 2. The number of carboxylic acid groups (broad SMARTS) is 1. The van der Waals surface area contributed by atoms with Crippen LogP contribution >= 0.6 is 15.9 Å². The molecule has 2 aliphatic rings. The van der Waals surface area contributed by atoms with E-state index < -0.39 is 11.4 Å². The third-order valence-corrected chi connectivity index (χ3v) is 5.88. The Morgan fingerprint density at radius 3 is 2.36 bits per heavy atom. The molecule has 0 aromatic heterocycles. The molecule has 1 amide bonds. The summed E-state index contributed by atoms with van der Waals surface area (Å²) in [5.74, 6) is -0.971. The van der Waals surface area contributed by atoms with Gasteiger partial charge in [-0.15, -0.1) is 0 Å². The first-order chi connectivity index (χ1) is 10.5. The highest BCUT2D eigenvalue weighted by molar-refractivity contribution is 9.10. The molecule has 0 saturated heterocycles. The van der Waals surface area contributed by atoms with Crippen molar-refractivity contribution in [2.24, 2.45) is 5.41 Å². The zero-order valence-electron chi connectivity index (χ0n) is 12.4. The first kappa shape index (κ1) is 15.5. The number of nitrogens with one attached hydrogen (secondary N) is 1. The highest BCUT2D eigenvalue weighted by atomic mass is 79.9. The second-order valence-electron chi connectivity index (χ2n) is 6.65. The lowest BCUT2D eigenvalue weighted by Gasteiger charge is -2.37. The van der Waals surface area contributed by atoms with Gasteiger partial charge in [0.2, 0.25) is 5.91 Å². The Balaban J connectivity index is 1.60. The van der Waals surface area contributed by atoms with E-state index in [1.165, 1.54) is 5.56 Å². The highest BCUT2D eigenvalue weighted by Crippen LogP contribution is 2.50. The van der Waals surface area contributed by atoms with Gasteiger partial charge in [-0.2, -0.15) is 0 Å². The van der Waals surface area contributed by atoms with Crippen LogP contribution in [0.4, 0.5) is 0 Å². The monoisotopic (exact) mass is 365 g/mol. The van der Waals surface area contributed by atoms with Crippen LogP contribution in [0.1, 0.15) is 44.1 Å². The molecule has 2 N–H and O–H groups in total. The Kier molecular flexibility index (Phi) is 4.02. The van der Waals surface area contributed by atoms with Crippen molar-refractivity contribution in [1.29, 1.82) is 0 Å². The lowest BCUT2D eigenvalue weighted by molar-refractivity contribution is -0.157. The van der Waals surface area contributed by atoms with Crippen molar-refractivity contribution in [3.05, 3.63) is 34.3 Å². The number of carbonyl (C=O) groups is 2. The number of amides is 1. The fourth-order valence-corrected chi connectivity index (χ4v) is 4.00. The molecule has 22 heavy (non-hydrogen) atoms. The summed E-state index contributed by atoms with van der Waals surface area (Å²) in [5.41, 5.74) is 0.437. The van der Waals surface area contributed by atoms with E-state index in [9.17, 15) is 14.7 Å². The minimum Gasteiger partial charge on any atom is -0.481 e. The molecule has 1 aromatic carbocycles. The van der Waals surface area contributed by atoms with Crippen LogP contribution in [0.25, 0.3) is 0 Å². The summed E-state index contributed by atoms with van der Waals surface area (Å²) in [6.45, 7) is 0.587. The predicted molar refractivity (Wildman–Crippen MR) is 86.6 cm³/mol. The molecule has 0 bridgehead atoms. The van der Waals surface area contributed by atoms with Gasteiger partial charge < -0.3 is 10.4 Å². The number of rotatable bonds is 6. The van der Waals surface area contributed by atoms with Crippen LogP contribution in [0, 0.1) is 5.41 Å². The molecule has 0 spiro atoms. The molecule has 3 rings (SSSR count). The summed E-state index contributed by atoms with van der Waals surface area (Å²) >= 11 is 3.58. The molecule has 0 radical (unpaired) electrons. The van der Waals surface area contributed by atoms with Crippen LogP contribution in [0.15, 0.2) is 28.7 Å². The predicted octanol–water partition coefficient (Wildman–Crippen LogP) is 3.24. The van der Waals surface area contributed by atoms with Crippen molar-refractivity contribution in [3.8, 4) is 0 Å². The van der Waals surface area contributed by atoms with Gasteiger partial charge in [0.1, 0.15) is 0 Å². The van der Waals surface area contributed by atoms with Crippen LogP contribution in [0.2, 0.25) is 0 Å². The molecule has 0 aliphatic heterocycles. The van der Waals surface area contributed by atoms with Gasteiger partial charge in [-0.3, -0.25) is 9.59 Å². The second-order valence-corrected chi connectivity index (χ2v) is 7.51. The van der Waals surface area contributed by atoms with Gasteiger partial charge in [-0.25, -0.2) is 0 Å². The molecule has 0 unspecified atom stereocenters. The zero-order chi connectivity index (χ0) is 15.8. The quantitative estimate of drug-likeness (QED) is 0.812. The SMILES string of the molecule is O=C(CC1(C(=O)O)CCC1)NCC1(c2ccccc2Br)CC1. The molecular formula is C17H20BrNO3. The van der Waals surface area contributed by atoms with Crippen LogP contribution in [0.3, 0.4) is 0 Å². The number of carboxylic acids is 1. The minimum absolute atomic E-state index is 0.0196. The number of benzene rings is 1. The number of hydrogen-bond acceptors (Lipinski definition) is 2. The number of carbonyl (C=O) groups excluding carboxylic acids is 1. The maximum Gasteiger partial charge on any atom is 0.310 e. The van der Waals surface area contributed by atoms with Crippen molar-refractivity contribution in [2.75, 3.05) is 6.54 Å². The van der Waals surface area contributed by atoms with E-state index in [1.54, 1.807) is 0 Å². The van der Waals surface area contributed by atoms with Gasteiger partial charge in [0.15, 0.2) is 0 Å². The minimum atomic E-state index is -0.833. The molecule has 1 aromatic rings. The lowest BCUT2D eigenvalue weighted by Crippen LogP contribution is -2.43. The molecule has 2 fully saturated rings. The second kappa shape index (κ2) is 5.69. The normalized spacial score (nSPS) is 20.8. The maximum absolute atomic E-state index is 12.2. The van der Waals surface area contributed by atoms with E-state index in [4.69, 9.17) is 0 Å². The molecule has 118 valence electrons. The van der Waals surface area contributed by atoms with E-state index in [2.05, 4.69) is 27.3 Å². The van der Waals surface area contributed by atoms with Gasteiger partial charge in [-0.05, 0) is 37.3 Å². The Bertz CT molecular complexity index is 606. The van der Waals surface area contributed by atoms with Crippen molar-refractivity contribution in [2.45, 2.75) is 43.9 Å². The smallest absolute Gasteiger partial charge is 0.310 e. The fraction of sp³-hybridized carbons (Fsp3) is 0.529. The average molecular weight is 366 g/mol. The number of aliphatic carboxylic acids is 1. The third kappa shape index (κ3) is 2.78. The van der Waals surface area contributed by atoms with E-state index >= 15 is 0 Å². The average Bonchev–Trinajstić information content (AvgIpc) is 3.22. The molecule has 4 nitrogen and oxygen atoms in total. The fourth-order valence-electron chi connectivity index (χ4n) is 3.29. The summed E-state index contributed by atoms with van der Waals surface area (Å²) in [6.07, 6.45) is 4.35. The first-order valence-electron chi connectivity index (χ1n) is 7.73. The van der Waals surface area contributed by atoms with Crippen molar-refractivity contribution in [3.63, 3.8) is 0 Å². The van der Waals surface area contributed by atoms with Crippen LogP contribution < -0.4 is 5.32 Å². The van der Waals surface area contributed by atoms with Crippen LogP contribution in [0.5, 0.6) is 0 Å². The van der Waals surface area contributed by atoms with Crippen molar-refractivity contribution >= 4 is 27.8 Å². The topological polar surface area (TPSA) is 66.4 Å². The molecule has 0 atom stereocenters. The van der Waals surface area contributed by atoms with Gasteiger partial charge in [0.05, 0.1) is 5.41 Å². The highest BCUT2D eigenvalue weighted by Gasteiger charge is 2.48. The Morgan fingerprint density at radius 1 is 1.18 bits per heavy atom. The van der Waals surface area contributed by atoms with Crippen LogP contribution in [-0.2, 0) is 15.0 Å². The Morgan fingerprint density at radius 2 is 1.86 bits per heavy atom. The molecule has 2 aliphatic carbocycles. The van der Waals surface area contributed by atoms with Crippen molar-refractivity contribution in [1.82, 2.24) is 5.32 Å². The van der Waals surface area contributed by atoms with E-state index in [0.717, 1.165) is 23.7 Å². The number of halogens is 1. The summed E-state index contributed by atoms with van der Waals surface area (Å²) in [7, 11) is 0. The largest absolute Gasteiger partial charge is 0.481 e. The van der Waals surface area contributed by atoms with E-state index in [1.807, 2.05) is 18.2 Å². The van der Waals surface area contributed by atoms with Crippen LogP contribution in [-0.4, -0.2) is 23.5 Å². The zero-order valence-corrected chi connectivity index (χ0v) is 14.0. The third-order valence-electron chi connectivity index (χ3n) is 5.19. The summed E-state index contributed by atoms with van der Waals surface area (Å²) in [6, 6.07) is 8.10. The van der Waals surface area contributed by atoms with Gasteiger partial charge in [-0.1, -0.05) is 40.5 Å². The van der Waals surface area contributed by atoms with E-state index in [-0.39, 0.29) is 17.7 Å². The Hall–Kier alpha value is -1.36. The maximum atomic E-state index is 12.2. The summed E-state index contributed by atoms with van der Waals surface area (Å²) < 4.78 is 1.07. The van der Waals surface area contributed by atoms with E-state index in [0.29, 0.717) is 19.4 Å². The summed E-state index contributed by atoms with van der Waals surface area (Å²) in [4.78, 5) is 23.5. The summed E-state index contributed by atoms with van der Waals surface area (Å²) in [5, 5.41) is 12.3. The molecular weight excluding hydrogens is 346 g/mol. The first-order valence-corrected chi connectivity index (χ1v) is 8.52.